The molecule has 1 aliphatic heterocycles. The molecule has 3 aromatic rings. The molecule has 0 N–H and O–H groups in total. The van der Waals surface area contributed by atoms with Gasteiger partial charge in [-0.2, -0.15) is 0 Å². The fourth-order valence-corrected chi connectivity index (χ4v) is 4.81. The van der Waals surface area contributed by atoms with Crippen molar-refractivity contribution >= 4 is 22.5 Å². The summed E-state index contributed by atoms with van der Waals surface area (Å²) in [7, 11) is 0. The Morgan fingerprint density at radius 1 is 0.909 bits per heavy atom. The van der Waals surface area contributed by atoms with E-state index in [1.807, 2.05) is 11.8 Å². The smallest absolute Gasteiger partial charge is 0.0235 e. The molecule has 1 aliphatic rings. The predicted octanol–water partition coefficient (Wildman–Crippen LogP) is 6.23. The summed E-state index contributed by atoms with van der Waals surface area (Å²) in [5, 5.41) is 2.78. The minimum absolute atomic E-state index is 0.479. The van der Waals surface area contributed by atoms with E-state index < -0.39 is 0 Å². The molecule has 0 radical (unpaired) electrons. The maximum absolute atomic E-state index is 2.35. The van der Waals surface area contributed by atoms with Crippen LogP contribution in [0.2, 0.25) is 0 Å². The summed E-state index contributed by atoms with van der Waals surface area (Å²) >= 11 is 1.98. The first-order valence-corrected chi connectivity index (χ1v) is 8.96. The van der Waals surface area contributed by atoms with Crippen molar-refractivity contribution in [3.05, 3.63) is 77.4 Å². The monoisotopic (exact) mass is 304 g/mol. The van der Waals surface area contributed by atoms with Gasteiger partial charge in [-0.15, -0.1) is 11.8 Å². The van der Waals surface area contributed by atoms with Crippen LogP contribution in [-0.4, -0.2) is 0 Å². The number of rotatable bonds is 1. The quantitative estimate of drug-likeness (QED) is 0.513. The molecule has 0 spiro atoms. The molecule has 0 aromatic heterocycles. The van der Waals surface area contributed by atoms with Crippen molar-refractivity contribution in [3.63, 3.8) is 0 Å². The minimum atomic E-state index is 0.479. The van der Waals surface area contributed by atoms with Gasteiger partial charge in [0.2, 0.25) is 0 Å². The van der Waals surface area contributed by atoms with Crippen molar-refractivity contribution in [2.24, 2.45) is 5.92 Å². The Bertz CT molecular complexity index is 832. The summed E-state index contributed by atoms with van der Waals surface area (Å²) in [6.07, 6.45) is 0. The summed E-state index contributed by atoms with van der Waals surface area (Å²) in [5.74, 6) is 2.14. The largest absolute Gasteiger partial charge is 0.121 e. The Kier molecular flexibility index (Phi) is 3.46. The third-order valence-corrected chi connectivity index (χ3v) is 5.81. The maximum Gasteiger partial charge on any atom is 0.0235 e. The number of hydrogen-bond acceptors (Lipinski definition) is 1. The molecule has 0 amide bonds. The van der Waals surface area contributed by atoms with Gasteiger partial charge < -0.3 is 0 Å². The van der Waals surface area contributed by atoms with Gasteiger partial charge in [0.25, 0.3) is 0 Å². The summed E-state index contributed by atoms with van der Waals surface area (Å²) in [5.41, 5.74) is 4.54. The van der Waals surface area contributed by atoms with E-state index in [1.54, 1.807) is 5.56 Å². The maximum atomic E-state index is 2.35. The summed E-state index contributed by atoms with van der Waals surface area (Å²) in [6.45, 7) is 4.70. The molecule has 0 saturated heterocycles. The lowest BCUT2D eigenvalue weighted by Crippen LogP contribution is -2.11. The van der Waals surface area contributed by atoms with Crippen molar-refractivity contribution in [2.75, 3.05) is 0 Å². The van der Waals surface area contributed by atoms with Crippen LogP contribution >= 0.6 is 11.8 Å². The van der Waals surface area contributed by atoms with Crippen LogP contribution in [-0.2, 0) is 5.75 Å². The van der Waals surface area contributed by atoms with Crippen molar-refractivity contribution in [2.45, 2.75) is 30.4 Å². The van der Waals surface area contributed by atoms with E-state index in [2.05, 4.69) is 74.5 Å². The standard InChI is InChI=1S/C21H20S/c1-14(2)20-18-9-5-6-10-19(18)22-13-16-12-11-15-7-3-4-8-17(15)21(16)20/h3-12,14,20H,13H2,1-2H3. The zero-order valence-corrected chi connectivity index (χ0v) is 13.9. The highest BCUT2D eigenvalue weighted by Crippen LogP contribution is 2.46. The zero-order chi connectivity index (χ0) is 15.1. The second-order valence-corrected chi connectivity index (χ2v) is 7.42. The second-order valence-electron chi connectivity index (χ2n) is 6.41. The molecular formula is C21H20S. The van der Waals surface area contributed by atoms with E-state index in [0.717, 1.165) is 5.75 Å². The van der Waals surface area contributed by atoms with E-state index >= 15 is 0 Å². The summed E-state index contributed by atoms with van der Waals surface area (Å²) in [6, 6.07) is 22.4. The SMILES string of the molecule is CC(C)C1c2ccccc2SCc2ccc3ccccc3c21. The van der Waals surface area contributed by atoms with E-state index in [0.29, 0.717) is 11.8 Å². The van der Waals surface area contributed by atoms with Crippen LogP contribution in [0, 0.1) is 5.92 Å². The Hall–Kier alpha value is -1.73. The van der Waals surface area contributed by atoms with Crippen molar-refractivity contribution in [1.82, 2.24) is 0 Å². The lowest BCUT2D eigenvalue weighted by Gasteiger charge is -2.25. The van der Waals surface area contributed by atoms with E-state index in [4.69, 9.17) is 0 Å². The number of benzene rings is 3. The first-order chi connectivity index (χ1) is 10.8. The highest BCUT2D eigenvalue weighted by atomic mass is 32.2. The number of fused-ring (bicyclic) bond motifs is 4. The molecule has 22 heavy (non-hydrogen) atoms. The molecule has 0 saturated carbocycles. The van der Waals surface area contributed by atoms with Crippen LogP contribution < -0.4 is 0 Å². The Balaban J connectivity index is 2.07. The molecule has 1 atom stereocenters. The molecule has 110 valence electrons. The van der Waals surface area contributed by atoms with Gasteiger partial charge in [-0.25, -0.2) is 0 Å². The van der Waals surface area contributed by atoms with Gasteiger partial charge in [0.1, 0.15) is 0 Å². The second kappa shape index (κ2) is 5.48. The van der Waals surface area contributed by atoms with Crippen molar-refractivity contribution in [3.8, 4) is 0 Å². The van der Waals surface area contributed by atoms with Crippen molar-refractivity contribution < 1.29 is 0 Å². The van der Waals surface area contributed by atoms with Gasteiger partial charge in [-0.3, -0.25) is 0 Å². The third-order valence-electron chi connectivity index (χ3n) is 4.68. The Morgan fingerprint density at radius 3 is 2.55 bits per heavy atom. The predicted molar refractivity (Wildman–Crippen MR) is 96.6 cm³/mol. The molecule has 3 aromatic carbocycles. The fraction of sp³-hybridized carbons (Fsp3) is 0.238. The Labute approximate surface area is 136 Å². The van der Waals surface area contributed by atoms with Crippen LogP contribution in [0.25, 0.3) is 10.8 Å². The van der Waals surface area contributed by atoms with Gasteiger partial charge in [-0.1, -0.05) is 68.4 Å². The van der Waals surface area contributed by atoms with E-state index in [-0.39, 0.29) is 0 Å². The van der Waals surface area contributed by atoms with Crippen LogP contribution in [0.3, 0.4) is 0 Å². The third kappa shape index (κ3) is 2.16. The van der Waals surface area contributed by atoms with Crippen LogP contribution in [0.4, 0.5) is 0 Å². The van der Waals surface area contributed by atoms with Gasteiger partial charge in [0.05, 0.1) is 0 Å². The molecule has 4 rings (SSSR count). The van der Waals surface area contributed by atoms with Crippen LogP contribution in [0.1, 0.15) is 36.5 Å². The topological polar surface area (TPSA) is 0 Å². The first kappa shape index (κ1) is 13.9. The lowest BCUT2D eigenvalue weighted by atomic mass is 9.78. The minimum Gasteiger partial charge on any atom is -0.121 e. The average molecular weight is 304 g/mol. The fourth-order valence-electron chi connectivity index (χ4n) is 3.71. The molecular weight excluding hydrogens is 284 g/mol. The molecule has 0 fully saturated rings. The zero-order valence-electron chi connectivity index (χ0n) is 13.0. The summed E-state index contributed by atoms with van der Waals surface area (Å²) in [4.78, 5) is 1.45. The van der Waals surface area contributed by atoms with Gasteiger partial charge in [0, 0.05) is 16.6 Å². The summed E-state index contributed by atoms with van der Waals surface area (Å²) < 4.78 is 0. The molecule has 1 unspecified atom stereocenters. The highest BCUT2D eigenvalue weighted by molar-refractivity contribution is 7.98. The van der Waals surface area contributed by atoms with E-state index in [9.17, 15) is 0 Å². The molecule has 1 heteroatoms. The average Bonchev–Trinajstić information content (AvgIpc) is 2.71. The lowest BCUT2D eigenvalue weighted by molar-refractivity contribution is 0.559. The molecule has 1 heterocycles. The molecule has 0 nitrogen and oxygen atoms in total. The Morgan fingerprint density at radius 2 is 1.68 bits per heavy atom. The van der Waals surface area contributed by atoms with Crippen molar-refractivity contribution in [1.29, 1.82) is 0 Å². The normalized spacial score (nSPS) is 17.1. The molecule has 0 aliphatic carbocycles. The van der Waals surface area contributed by atoms with E-state index in [1.165, 1.54) is 26.8 Å². The van der Waals surface area contributed by atoms with Gasteiger partial charge >= 0.3 is 0 Å². The number of hydrogen-bond donors (Lipinski definition) is 0. The van der Waals surface area contributed by atoms with Crippen LogP contribution in [0.5, 0.6) is 0 Å². The molecule has 0 bridgehead atoms. The van der Waals surface area contributed by atoms with Gasteiger partial charge in [-0.05, 0) is 39.4 Å². The number of thioether (sulfide) groups is 1. The first-order valence-electron chi connectivity index (χ1n) is 7.98. The highest BCUT2D eigenvalue weighted by Gasteiger charge is 2.27. The van der Waals surface area contributed by atoms with Gasteiger partial charge in [0.15, 0.2) is 0 Å². The van der Waals surface area contributed by atoms with Crippen LogP contribution in [0.15, 0.2) is 65.6 Å².